The van der Waals surface area contributed by atoms with Gasteiger partial charge in [-0.2, -0.15) is 14.7 Å². The van der Waals surface area contributed by atoms with E-state index in [4.69, 9.17) is 5.10 Å². The molecule has 0 spiro atoms. The number of H-pyrrole nitrogens is 1. The Hall–Kier alpha value is -4.85. The molecular weight excluding hydrogens is 548 g/mol. The van der Waals surface area contributed by atoms with Crippen LogP contribution < -0.4 is 5.56 Å². The quantitative estimate of drug-likeness (QED) is 0.270. The minimum absolute atomic E-state index is 0.136. The lowest BCUT2D eigenvalue weighted by molar-refractivity contribution is 0.424. The van der Waals surface area contributed by atoms with Crippen molar-refractivity contribution in [2.45, 2.75) is 30.6 Å². The van der Waals surface area contributed by atoms with E-state index in [0.717, 1.165) is 31.4 Å². The average Bonchev–Trinajstić information content (AvgIpc) is 3.24. The molecule has 210 valence electrons. The van der Waals surface area contributed by atoms with Crippen LogP contribution in [0.2, 0.25) is 0 Å². The van der Waals surface area contributed by atoms with Crippen LogP contribution in [0.15, 0.2) is 94.7 Å². The zero-order valence-corrected chi connectivity index (χ0v) is 23.6. The molecule has 0 radical (unpaired) electrons. The fourth-order valence-corrected chi connectivity index (χ4v) is 6.75. The smallest absolute Gasteiger partial charge is 0.259 e. The van der Waals surface area contributed by atoms with Crippen LogP contribution in [-0.2, 0) is 10.0 Å². The number of sulfonamides is 1. The minimum atomic E-state index is -3.69. The standard InChI is InChI=1S/C32H28N6O3S/c33-21-24(31-34-29-16-7-6-15-28(29)32(39)35-31)19-25-22-38(26-12-4-3-5-13-26)36-30(25)23-11-10-14-27(20-23)42(40,41)37-17-8-1-2-9-18-37/h3-7,10-16,19-20,22H,1-2,8-9,17-18H2,(H,34,35,39). The Morgan fingerprint density at radius 3 is 2.43 bits per heavy atom. The molecule has 0 bridgehead atoms. The van der Waals surface area contributed by atoms with Crippen molar-refractivity contribution in [3.8, 4) is 23.0 Å². The highest BCUT2D eigenvalue weighted by Crippen LogP contribution is 2.30. The van der Waals surface area contributed by atoms with E-state index >= 15 is 0 Å². The first-order chi connectivity index (χ1) is 20.4. The van der Waals surface area contributed by atoms with Gasteiger partial charge >= 0.3 is 0 Å². The minimum Gasteiger partial charge on any atom is -0.305 e. The zero-order valence-electron chi connectivity index (χ0n) is 22.8. The van der Waals surface area contributed by atoms with Gasteiger partial charge in [0.2, 0.25) is 10.0 Å². The Morgan fingerprint density at radius 1 is 0.929 bits per heavy atom. The van der Waals surface area contributed by atoms with Crippen LogP contribution in [0, 0.1) is 11.3 Å². The second kappa shape index (κ2) is 11.6. The van der Waals surface area contributed by atoms with Gasteiger partial charge < -0.3 is 4.98 Å². The number of benzene rings is 3. The molecule has 0 atom stereocenters. The summed E-state index contributed by atoms with van der Waals surface area (Å²) in [5.74, 6) is 0.136. The maximum atomic E-state index is 13.6. The summed E-state index contributed by atoms with van der Waals surface area (Å²) < 4.78 is 30.4. The van der Waals surface area contributed by atoms with Crippen molar-refractivity contribution in [2.24, 2.45) is 0 Å². The number of aromatic nitrogens is 4. The molecule has 0 amide bonds. The lowest BCUT2D eigenvalue weighted by Crippen LogP contribution is -2.31. The molecule has 0 aliphatic carbocycles. The molecule has 1 aliphatic rings. The number of para-hydroxylation sites is 2. The number of nitrogens with zero attached hydrogens (tertiary/aromatic N) is 5. The van der Waals surface area contributed by atoms with Crippen molar-refractivity contribution in [2.75, 3.05) is 13.1 Å². The maximum Gasteiger partial charge on any atom is 0.259 e. The number of aromatic amines is 1. The van der Waals surface area contributed by atoms with Crippen LogP contribution in [0.25, 0.3) is 39.5 Å². The van der Waals surface area contributed by atoms with Crippen LogP contribution in [0.1, 0.15) is 37.1 Å². The third-order valence-corrected chi connectivity index (χ3v) is 9.26. The second-order valence-corrected chi connectivity index (χ2v) is 12.1. The SMILES string of the molecule is N#CC(=Cc1cn(-c2ccccc2)nc1-c1cccc(S(=O)(=O)N2CCCCCC2)c1)c1nc2ccccc2c(=O)[nH]1. The summed E-state index contributed by atoms with van der Waals surface area (Å²) in [7, 11) is -3.69. The van der Waals surface area contributed by atoms with E-state index in [2.05, 4.69) is 16.0 Å². The number of nitriles is 1. The highest BCUT2D eigenvalue weighted by molar-refractivity contribution is 7.89. The average molecular weight is 577 g/mol. The molecule has 1 fully saturated rings. The Balaban J connectivity index is 1.48. The first-order valence-electron chi connectivity index (χ1n) is 13.8. The van der Waals surface area contributed by atoms with E-state index < -0.39 is 10.0 Å². The summed E-state index contributed by atoms with van der Waals surface area (Å²) in [4.78, 5) is 20.2. The molecule has 10 heteroatoms. The van der Waals surface area contributed by atoms with Crippen molar-refractivity contribution in [1.82, 2.24) is 24.1 Å². The molecule has 9 nitrogen and oxygen atoms in total. The summed E-state index contributed by atoms with van der Waals surface area (Å²) >= 11 is 0. The monoisotopic (exact) mass is 576 g/mol. The summed E-state index contributed by atoms with van der Waals surface area (Å²) in [6, 6.07) is 25.3. The zero-order chi connectivity index (χ0) is 29.1. The van der Waals surface area contributed by atoms with Crippen molar-refractivity contribution >= 4 is 32.6 Å². The number of fused-ring (bicyclic) bond motifs is 1. The van der Waals surface area contributed by atoms with Crippen molar-refractivity contribution in [3.05, 3.63) is 107 Å². The molecule has 42 heavy (non-hydrogen) atoms. The second-order valence-electron chi connectivity index (χ2n) is 10.2. The molecule has 1 aliphatic heterocycles. The van der Waals surface area contributed by atoms with Gasteiger partial charge in [-0.05, 0) is 55.3 Å². The molecular formula is C32H28N6O3S. The Bertz CT molecular complexity index is 2000. The molecule has 2 aromatic heterocycles. The van der Waals surface area contributed by atoms with E-state index in [0.29, 0.717) is 40.8 Å². The fraction of sp³-hybridized carbons (Fsp3) is 0.188. The van der Waals surface area contributed by atoms with Crippen molar-refractivity contribution in [3.63, 3.8) is 0 Å². The van der Waals surface area contributed by atoms with E-state index in [9.17, 15) is 18.5 Å². The number of hydrogen-bond acceptors (Lipinski definition) is 6. The molecule has 0 unspecified atom stereocenters. The van der Waals surface area contributed by atoms with Gasteiger partial charge in [0.25, 0.3) is 5.56 Å². The van der Waals surface area contributed by atoms with Gasteiger partial charge in [-0.3, -0.25) is 4.79 Å². The number of nitrogens with one attached hydrogen (secondary N) is 1. The van der Waals surface area contributed by atoms with Gasteiger partial charge in [-0.25, -0.2) is 18.1 Å². The third kappa shape index (κ3) is 5.40. The highest BCUT2D eigenvalue weighted by Gasteiger charge is 2.26. The first kappa shape index (κ1) is 27.3. The first-order valence-corrected chi connectivity index (χ1v) is 15.2. The molecule has 3 heterocycles. The summed E-state index contributed by atoms with van der Waals surface area (Å²) in [6.07, 6.45) is 7.13. The van der Waals surface area contributed by atoms with Gasteiger partial charge in [-0.1, -0.05) is 55.3 Å². The summed E-state index contributed by atoms with van der Waals surface area (Å²) in [6.45, 7) is 1.01. The Labute approximate surface area is 243 Å². The van der Waals surface area contributed by atoms with E-state index in [1.165, 1.54) is 0 Å². The number of rotatable bonds is 6. The van der Waals surface area contributed by atoms with Crippen molar-refractivity contribution < 1.29 is 8.42 Å². The van der Waals surface area contributed by atoms with Crippen LogP contribution in [0.4, 0.5) is 0 Å². The topological polar surface area (TPSA) is 125 Å². The molecule has 1 saturated heterocycles. The predicted octanol–water partition coefficient (Wildman–Crippen LogP) is 5.40. The Kier molecular flexibility index (Phi) is 7.52. The van der Waals surface area contributed by atoms with Gasteiger partial charge in [0.15, 0.2) is 5.82 Å². The highest BCUT2D eigenvalue weighted by atomic mass is 32.2. The molecule has 6 rings (SSSR count). The van der Waals surface area contributed by atoms with E-state index in [-0.39, 0.29) is 21.9 Å². The fourth-order valence-electron chi connectivity index (χ4n) is 5.19. The van der Waals surface area contributed by atoms with Gasteiger partial charge in [-0.15, -0.1) is 0 Å². The lowest BCUT2D eigenvalue weighted by Gasteiger charge is -2.20. The largest absolute Gasteiger partial charge is 0.305 e. The van der Waals surface area contributed by atoms with E-state index in [1.807, 2.05) is 30.3 Å². The van der Waals surface area contributed by atoms with E-state index in [1.54, 1.807) is 69.8 Å². The van der Waals surface area contributed by atoms with Crippen LogP contribution in [0.5, 0.6) is 0 Å². The van der Waals surface area contributed by atoms with Crippen molar-refractivity contribution in [1.29, 1.82) is 5.26 Å². The van der Waals surface area contributed by atoms with Gasteiger partial charge in [0.1, 0.15) is 11.8 Å². The summed E-state index contributed by atoms with van der Waals surface area (Å²) in [5.41, 5.74) is 2.71. The maximum absolute atomic E-state index is 13.6. The predicted molar refractivity (Wildman–Crippen MR) is 162 cm³/mol. The van der Waals surface area contributed by atoms with Gasteiger partial charge in [0, 0.05) is 30.4 Å². The summed E-state index contributed by atoms with van der Waals surface area (Å²) in [5, 5.41) is 15.4. The van der Waals surface area contributed by atoms with Crippen LogP contribution in [0.3, 0.4) is 0 Å². The van der Waals surface area contributed by atoms with Crippen LogP contribution >= 0.6 is 0 Å². The molecule has 5 aromatic rings. The molecule has 1 N–H and O–H groups in total. The number of allylic oxidation sites excluding steroid dienone is 1. The Morgan fingerprint density at radius 2 is 1.67 bits per heavy atom. The molecule has 0 saturated carbocycles. The lowest BCUT2D eigenvalue weighted by atomic mass is 10.1. The molecule has 3 aromatic carbocycles. The third-order valence-electron chi connectivity index (χ3n) is 7.36. The number of hydrogen-bond donors (Lipinski definition) is 1. The van der Waals surface area contributed by atoms with Crippen LogP contribution in [-0.4, -0.2) is 45.6 Å². The van der Waals surface area contributed by atoms with Gasteiger partial charge in [0.05, 0.1) is 27.1 Å². The normalized spacial score (nSPS) is 14.9.